The van der Waals surface area contributed by atoms with Gasteiger partial charge in [0.1, 0.15) is 5.75 Å². The molecule has 1 unspecified atom stereocenters. The van der Waals surface area contributed by atoms with Gasteiger partial charge in [-0.05, 0) is 25.1 Å². The highest BCUT2D eigenvalue weighted by molar-refractivity contribution is 6.35. The lowest BCUT2D eigenvalue weighted by Gasteiger charge is -2.23. The molecule has 0 aliphatic heterocycles. The molecular weight excluding hydrogens is 277 g/mol. The second kappa shape index (κ2) is 6.83. The molecule has 100 valence electrons. The lowest BCUT2D eigenvalue weighted by Crippen LogP contribution is -2.40. The predicted octanol–water partition coefficient (Wildman–Crippen LogP) is 2.21. The van der Waals surface area contributed by atoms with Crippen LogP contribution in [0.1, 0.15) is 6.92 Å². The van der Waals surface area contributed by atoms with Gasteiger partial charge in [-0.25, -0.2) is 0 Å². The van der Waals surface area contributed by atoms with Gasteiger partial charge in [0, 0.05) is 12.1 Å². The van der Waals surface area contributed by atoms with Gasteiger partial charge >= 0.3 is 0 Å². The molecule has 1 N–H and O–H groups in total. The lowest BCUT2D eigenvalue weighted by atomic mass is 10.3. The van der Waals surface area contributed by atoms with Crippen molar-refractivity contribution in [3.05, 3.63) is 28.2 Å². The van der Waals surface area contributed by atoms with E-state index in [2.05, 4.69) is 0 Å². The molecule has 1 aromatic rings. The number of aliphatic hydroxyl groups excluding tert-OH is 1. The van der Waals surface area contributed by atoms with E-state index in [1.165, 1.54) is 4.90 Å². The van der Waals surface area contributed by atoms with Crippen LogP contribution in [0.4, 0.5) is 0 Å². The predicted molar refractivity (Wildman–Crippen MR) is 71.3 cm³/mol. The van der Waals surface area contributed by atoms with Crippen molar-refractivity contribution in [1.29, 1.82) is 0 Å². The van der Waals surface area contributed by atoms with Crippen molar-refractivity contribution in [2.24, 2.45) is 0 Å². The molecule has 0 saturated heterocycles. The number of rotatable bonds is 5. The SMILES string of the molecule is CC(CO)N(C)C(=O)COc1ccc(Cl)cc1Cl. The Bertz CT molecular complexity index is 426. The van der Waals surface area contributed by atoms with Crippen LogP contribution in [0.5, 0.6) is 5.75 Å². The van der Waals surface area contributed by atoms with Crippen molar-refractivity contribution in [3.63, 3.8) is 0 Å². The van der Waals surface area contributed by atoms with Crippen LogP contribution in [0.15, 0.2) is 18.2 Å². The van der Waals surface area contributed by atoms with Crippen molar-refractivity contribution < 1.29 is 14.6 Å². The van der Waals surface area contributed by atoms with Gasteiger partial charge < -0.3 is 14.7 Å². The Balaban J connectivity index is 2.57. The molecule has 0 radical (unpaired) electrons. The Morgan fingerprint density at radius 1 is 1.50 bits per heavy atom. The van der Waals surface area contributed by atoms with Crippen LogP contribution in [-0.2, 0) is 4.79 Å². The number of aliphatic hydroxyl groups is 1. The Morgan fingerprint density at radius 3 is 2.72 bits per heavy atom. The highest BCUT2D eigenvalue weighted by atomic mass is 35.5. The summed E-state index contributed by atoms with van der Waals surface area (Å²) in [6, 6.07) is 4.53. The van der Waals surface area contributed by atoms with Crippen LogP contribution in [-0.4, -0.2) is 42.2 Å². The van der Waals surface area contributed by atoms with Crippen LogP contribution in [0.25, 0.3) is 0 Å². The Morgan fingerprint density at radius 2 is 2.17 bits per heavy atom. The van der Waals surface area contributed by atoms with Crippen LogP contribution in [0.3, 0.4) is 0 Å². The number of hydrogen-bond acceptors (Lipinski definition) is 3. The minimum Gasteiger partial charge on any atom is -0.482 e. The number of ether oxygens (including phenoxy) is 1. The fraction of sp³-hybridized carbons (Fsp3) is 0.417. The Hall–Kier alpha value is -0.970. The molecule has 0 bridgehead atoms. The average molecular weight is 292 g/mol. The molecule has 18 heavy (non-hydrogen) atoms. The number of likely N-dealkylation sites (N-methyl/N-ethyl adjacent to an activating group) is 1. The second-order valence-electron chi connectivity index (χ2n) is 3.90. The quantitative estimate of drug-likeness (QED) is 0.905. The molecule has 0 fully saturated rings. The van der Waals surface area contributed by atoms with E-state index < -0.39 is 0 Å². The van der Waals surface area contributed by atoms with Crippen LogP contribution in [0.2, 0.25) is 10.0 Å². The summed E-state index contributed by atoms with van der Waals surface area (Å²) in [6.07, 6.45) is 0. The van der Waals surface area contributed by atoms with Gasteiger partial charge in [0.25, 0.3) is 5.91 Å². The minimum atomic E-state index is -0.248. The third-order valence-electron chi connectivity index (χ3n) is 2.56. The molecule has 0 heterocycles. The Labute approximate surface area is 116 Å². The number of halogens is 2. The zero-order chi connectivity index (χ0) is 13.7. The highest BCUT2D eigenvalue weighted by Crippen LogP contribution is 2.27. The van der Waals surface area contributed by atoms with Gasteiger partial charge in [-0.2, -0.15) is 0 Å². The summed E-state index contributed by atoms with van der Waals surface area (Å²) >= 11 is 11.7. The van der Waals surface area contributed by atoms with Crippen LogP contribution in [0, 0.1) is 0 Å². The fourth-order valence-corrected chi connectivity index (χ4v) is 1.66. The molecule has 0 spiro atoms. The van der Waals surface area contributed by atoms with Gasteiger partial charge in [-0.3, -0.25) is 4.79 Å². The zero-order valence-corrected chi connectivity index (χ0v) is 11.7. The van der Waals surface area contributed by atoms with Gasteiger partial charge in [-0.1, -0.05) is 23.2 Å². The van der Waals surface area contributed by atoms with E-state index in [4.69, 9.17) is 33.0 Å². The van der Waals surface area contributed by atoms with E-state index in [1.54, 1.807) is 32.2 Å². The lowest BCUT2D eigenvalue weighted by molar-refractivity contribution is -0.134. The number of nitrogens with zero attached hydrogens (tertiary/aromatic N) is 1. The van der Waals surface area contributed by atoms with Gasteiger partial charge in [0.2, 0.25) is 0 Å². The van der Waals surface area contributed by atoms with E-state index in [9.17, 15) is 4.79 Å². The number of benzene rings is 1. The van der Waals surface area contributed by atoms with Crippen molar-refractivity contribution in [2.45, 2.75) is 13.0 Å². The first-order valence-corrected chi connectivity index (χ1v) is 6.15. The minimum absolute atomic E-state index is 0.0933. The smallest absolute Gasteiger partial charge is 0.260 e. The molecule has 1 amide bonds. The first-order valence-electron chi connectivity index (χ1n) is 5.40. The third kappa shape index (κ3) is 4.05. The molecule has 1 atom stereocenters. The molecule has 0 aliphatic rings. The largest absolute Gasteiger partial charge is 0.482 e. The van der Waals surface area contributed by atoms with E-state index in [-0.39, 0.29) is 25.2 Å². The van der Waals surface area contributed by atoms with Gasteiger partial charge in [-0.15, -0.1) is 0 Å². The summed E-state index contributed by atoms with van der Waals surface area (Å²) in [5.74, 6) is 0.169. The van der Waals surface area contributed by atoms with Crippen molar-refractivity contribution >= 4 is 29.1 Å². The summed E-state index contributed by atoms with van der Waals surface area (Å²) < 4.78 is 5.31. The van der Waals surface area contributed by atoms with E-state index in [0.29, 0.717) is 15.8 Å². The Kier molecular flexibility index (Phi) is 5.72. The first kappa shape index (κ1) is 15.1. The van der Waals surface area contributed by atoms with E-state index in [1.807, 2.05) is 0 Å². The number of carbonyl (C=O) groups excluding carboxylic acids is 1. The monoisotopic (exact) mass is 291 g/mol. The number of hydrogen-bond donors (Lipinski definition) is 1. The zero-order valence-electron chi connectivity index (χ0n) is 10.2. The molecule has 0 saturated carbocycles. The van der Waals surface area contributed by atoms with E-state index in [0.717, 1.165) is 0 Å². The van der Waals surface area contributed by atoms with Crippen molar-refractivity contribution in [1.82, 2.24) is 4.90 Å². The van der Waals surface area contributed by atoms with E-state index >= 15 is 0 Å². The van der Waals surface area contributed by atoms with Crippen LogP contribution < -0.4 is 4.74 Å². The molecule has 0 aromatic heterocycles. The second-order valence-corrected chi connectivity index (χ2v) is 4.74. The van der Waals surface area contributed by atoms with Crippen LogP contribution >= 0.6 is 23.2 Å². The summed E-state index contributed by atoms with van der Waals surface area (Å²) in [5, 5.41) is 9.80. The maximum absolute atomic E-state index is 11.7. The standard InChI is InChI=1S/C12H15Cl2NO3/c1-8(6-16)15(2)12(17)7-18-11-4-3-9(13)5-10(11)14/h3-5,8,16H,6-7H2,1-2H3. The molecule has 4 nitrogen and oxygen atoms in total. The number of carbonyl (C=O) groups is 1. The average Bonchev–Trinajstić information content (AvgIpc) is 2.35. The maximum atomic E-state index is 11.7. The summed E-state index contributed by atoms with van der Waals surface area (Å²) in [7, 11) is 1.61. The highest BCUT2D eigenvalue weighted by Gasteiger charge is 2.15. The fourth-order valence-electron chi connectivity index (χ4n) is 1.20. The molecular formula is C12H15Cl2NO3. The molecule has 1 aromatic carbocycles. The maximum Gasteiger partial charge on any atom is 0.260 e. The third-order valence-corrected chi connectivity index (χ3v) is 3.09. The number of amides is 1. The first-order chi connectivity index (χ1) is 8.45. The van der Waals surface area contributed by atoms with Gasteiger partial charge in [0.15, 0.2) is 6.61 Å². The topological polar surface area (TPSA) is 49.8 Å². The summed E-state index contributed by atoms with van der Waals surface area (Å²) in [6.45, 7) is 1.51. The normalized spacial score (nSPS) is 12.1. The summed E-state index contributed by atoms with van der Waals surface area (Å²) in [4.78, 5) is 13.1. The van der Waals surface area contributed by atoms with Crippen molar-refractivity contribution in [2.75, 3.05) is 20.3 Å². The molecule has 0 aliphatic carbocycles. The summed E-state index contributed by atoms with van der Waals surface area (Å²) in [5.41, 5.74) is 0. The van der Waals surface area contributed by atoms with Crippen molar-refractivity contribution in [3.8, 4) is 5.75 Å². The van der Waals surface area contributed by atoms with Gasteiger partial charge in [0.05, 0.1) is 17.7 Å². The molecule has 6 heteroatoms. The molecule has 1 rings (SSSR count).